The fraction of sp³-hybridized carbons (Fsp3) is 0.0588. The molecule has 3 rings (SSSR count). The highest BCUT2D eigenvalue weighted by atomic mass is 19.1. The van der Waals surface area contributed by atoms with Gasteiger partial charge in [0.25, 0.3) is 0 Å². The number of halogens is 1. The van der Waals surface area contributed by atoms with E-state index in [1.807, 2.05) is 43.3 Å². The average Bonchev–Trinajstić information content (AvgIpc) is 2.49. The van der Waals surface area contributed by atoms with E-state index in [2.05, 4.69) is 15.5 Å². The Bertz CT molecular complexity index is 798. The van der Waals surface area contributed by atoms with Gasteiger partial charge >= 0.3 is 0 Å². The van der Waals surface area contributed by atoms with Gasteiger partial charge in [-0.3, -0.25) is 10.4 Å². The van der Waals surface area contributed by atoms with Gasteiger partial charge in [-0.25, -0.2) is 4.39 Å². The monoisotopic (exact) mass is 279 g/mol. The van der Waals surface area contributed by atoms with E-state index >= 15 is 0 Å². The largest absolute Gasteiger partial charge is 0.278 e. The number of hydrogen-bond donors (Lipinski definition) is 1. The van der Waals surface area contributed by atoms with Crippen molar-refractivity contribution < 1.29 is 4.39 Å². The minimum absolute atomic E-state index is 0.289. The quantitative estimate of drug-likeness (QED) is 0.578. The van der Waals surface area contributed by atoms with Crippen molar-refractivity contribution in [3.05, 3.63) is 71.7 Å². The maximum Gasteiger partial charge on any atom is 0.124 e. The summed E-state index contributed by atoms with van der Waals surface area (Å²) in [7, 11) is 0. The number of aryl methyl sites for hydroxylation is 1. The molecule has 0 unspecified atom stereocenters. The van der Waals surface area contributed by atoms with Crippen LogP contribution in [0.5, 0.6) is 0 Å². The first kappa shape index (κ1) is 13.2. The van der Waals surface area contributed by atoms with E-state index in [9.17, 15) is 4.39 Å². The second-order valence-electron chi connectivity index (χ2n) is 4.75. The predicted molar refractivity (Wildman–Crippen MR) is 84.1 cm³/mol. The number of aromatic nitrogens is 1. The van der Waals surface area contributed by atoms with Crippen molar-refractivity contribution in [1.29, 1.82) is 0 Å². The molecule has 0 bridgehead atoms. The molecule has 0 aliphatic rings. The van der Waals surface area contributed by atoms with Gasteiger partial charge in [0, 0.05) is 11.1 Å². The highest BCUT2D eigenvalue weighted by Gasteiger charge is 2.04. The number of nitrogens with one attached hydrogen (secondary N) is 1. The number of pyridine rings is 1. The second-order valence-corrected chi connectivity index (χ2v) is 4.75. The molecule has 1 heterocycles. The SMILES string of the molecule is Cc1cc(N/N=C/c2ccccc2)c2cc(F)ccc2n1. The predicted octanol–water partition coefficient (Wildman–Crippen LogP) is 4.13. The minimum Gasteiger partial charge on any atom is -0.278 e. The molecule has 2 aromatic carbocycles. The van der Waals surface area contributed by atoms with Crippen molar-refractivity contribution in [2.75, 3.05) is 5.43 Å². The lowest BCUT2D eigenvalue weighted by Crippen LogP contribution is -1.95. The molecule has 0 radical (unpaired) electrons. The van der Waals surface area contributed by atoms with Crippen LogP contribution in [0.1, 0.15) is 11.3 Å². The first-order chi connectivity index (χ1) is 10.2. The molecule has 0 spiro atoms. The number of rotatable bonds is 3. The van der Waals surface area contributed by atoms with Crippen molar-refractivity contribution in [2.45, 2.75) is 6.92 Å². The van der Waals surface area contributed by atoms with E-state index < -0.39 is 0 Å². The van der Waals surface area contributed by atoms with E-state index in [1.165, 1.54) is 12.1 Å². The lowest BCUT2D eigenvalue weighted by molar-refractivity contribution is 0.629. The summed E-state index contributed by atoms with van der Waals surface area (Å²) in [5.41, 5.74) is 6.30. The van der Waals surface area contributed by atoms with Gasteiger partial charge in [0.15, 0.2) is 0 Å². The number of hydrogen-bond acceptors (Lipinski definition) is 3. The zero-order valence-electron chi connectivity index (χ0n) is 11.5. The highest BCUT2D eigenvalue weighted by Crippen LogP contribution is 2.24. The van der Waals surface area contributed by atoms with Crippen molar-refractivity contribution in [2.24, 2.45) is 5.10 Å². The molecule has 0 amide bonds. The minimum atomic E-state index is -0.289. The molecule has 1 N–H and O–H groups in total. The third-order valence-electron chi connectivity index (χ3n) is 3.10. The molecule has 104 valence electrons. The lowest BCUT2D eigenvalue weighted by atomic mass is 10.1. The number of nitrogens with zero attached hydrogens (tertiary/aromatic N) is 2. The molecule has 4 heteroatoms. The Labute approximate surface area is 122 Å². The van der Waals surface area contributed by atoms with Crippen molar-refractivity contribution in [3.8, 4) is 0 Å². The summed E-state index contributed by atoms with van der Waals surface area (Å²) in [6.07, 6.45) is 1.72. The zero-order valence-corrected chi connectivity index (χ0v) is 11.5. The van der Waals surface area contributed by atoms with Crippen LogP contribution in [0.3, 0.4) is 0 Å². The van der Waals surface area contributed by atoms with Gasteiger partial charge in [-0.2, -0.15) is 5.10 Å². The Hall–Kier alpha value is -2.75. The molecule has 0 aliphatic carbocycles. The Morgan fingerprint density at radius 3 is 2.71 bits per heavy atom. The summed E-state index contributed by atoms with van der Waals surface area (Å²) in [5.74, 6) is -0.289. The normalized spacial score (nSPS) is 11.1. The molecular formula is C17H14FN3. The van der Waals surface area contributed by atoms with Crippen molar-refractivity contribution in [1.82, 2.24) is 4.98 Å². The van der Waals surface area contributed by atoms with Crippen molar-refractivity contribution >= 4 is 22.8 Å². The van der Waals surface area contributed by atoms with Gasteiger partial charge in [0.2, 0.25) is 0 Å². The third-order valence-corrected chi connectivity index (χ3v) is 3.10. The Morgan fingerprint density at radius 2 is 1.90 bits per heavy atom. The van der Waals surface area contributed by atoms with Gasteiger partial charge in [-0.05, 0) is 36.8 Å². The van der Waals surface area contributed by atoms with E-state index in [-0.39, 0.29) is 5.82 Å². The van der Waals surface area contributed by atoms with Gasteiger partial charge in [-0.1, -0.05) is 30.3 Å². The van der Waals surface area contributed by atoms with E-state index in [1.54, 1.807) is 12.3 Å². The Morgan fingerprint density at radius 1 is 1.10 bits per heavy atom. The molecule has 3 nitrogen and oxygen atoms in total. The topological polar surface area (TPSA) is 37.3 Å². The summed E-state index contributed by atoms with van der Waals surface area (Å²) in [4.78, 5) is 4.39. The van der Waals surface area contributed by atoms with Crippen LogP contribution >= 0.6 is 0 Å². The number of hydrazone groups is 1. The molecule has 1 aromatic heterocycles. The van der Waals surface area contributed by atoms with Crippen LogP contribution in [0.4, 0.5) is 10.1 Å². The van der Waals surface area contributed by atoms with Crippen LogP contribution in [0, 0.1) is 12.7 Å². The van der Waals surface area contributed by atoms with Gasteiger partial charge in [0.05, 0.1) is 17.4 Å². The second kappa shape index (κ2) is 5.71. The molecule has 0 saturated heterocycles. The summed E-state index contributed by atoms with van der Waals surface area (Å²) in [6, 6.07) is 16.2. The van der Waals surface area contributed by atoms with Crippen LogP contribution in [-0.2, 0) is 0 Å². The van der Waals surface area contributed by atoms with Gasteiger partial charge in [0.1, 0.15) is 5.82 Å². The Balaban J connectivity index is 1.93. The van der Waals surface area contributed by atoms with E-state index in [4.69, 9.17) is 0 Å². The Kier molecular flexibility index (Phi) is 3.60. The van der Waals surface area contributed by atoms with E-state index in [0.717, 1.165) is 22.5 Å². The highest BCUT2D eigenvalue weighted by molar-refractivity contribution is 5.92. The average molecular weight is 279 g/mol. The summed E-state index contributed by atoms with van der Waals surface area (Å²) >= 11 is 0. The van der Waals surface area contributed by atoms with Crippen LogP contribution in [0.15, 0.2) is 59.7 Å². The van der Waals surface area contributed by atoms with Gasteiger partial charge < -0.3 is 0 Å². The fourth-order valence-electron chi connectivity index (χ4n) is 2.14. The first-order valence-corrected chi connectivity index (χ1v) is 6.63. The van der Waals surface area contributed by atoms with E-state index in [0.29, 0.717) is 5.39 Å². The number of anilines is 1. The standard InChI is InChI=1S/C17H14FN3/c1-12-9-17(15-10-14(18)7-8-16(15)20-12)21-19-11-13-5-3-2-4-6-13/h2-11H,1H3,(H,20,21)/b19-11+. The van der Waals surface area contributed by atoms with Gasteiger partial charge in [-0.15, -0.1) is 0 Å². The van der Waals surface area contributed by atoms with Crippen LogP contribution < -0.4 is 5.43 Å². The summed E-state index contributed by atoms with van der Waals surface area (Å²) < 4.78 is 13.4. The van der Waals surface area contributed by atoms with Crippen LogP contribution in [0.2, 0.25) is 0 Å². The molecule has 3 aromatic rings. The molecule has 0 aliphatic heterocycles. The maximum atomic E-state index is 13.4. The number of fused-ring (bicyclic) bond motifs is 1. The summed E-state index contributed by atoms with van der Waals surface area (Å²) in [6.45, 7) is 1.90. The molecule has 0 saturated carbocycles. The molecule has 0 atom stereocenters. The smallest absolute Gasteiger partial charge is 0.124 e. The van der Waals surface area contributed by atoms with Crippen LogP contribution in [0.25, 0.3) is 10.9 Å². The fourth-order valence-corrected chi connectivity index (χ4v) is 2.14. The molecular weight excluding hydrogens is 265 g/mol. The van der Waals surface area contributed by atoms with Crippen molar-refractivity contribution in [3.63, 3.8) is 0 Å². The lowest BCUT2D eigenvalue weighted by Gasteiger charge is -2.07. The number of benzene rings is 2. The third kappa shape index (κ3) is 3.05. The first-order valence-electron chi connectivity index (χ1n) is 6.63. The molecule has 0 fully saturated rings. The summed E-state index contributed by atoms with van der Waals surface area (Å²) in [5, 5.41) is 4.92. The zero-order chi connectivity index (χ0) is 14.7. The van der Waals surface area contributed by atoms with Crippen LogP contribution in [-0.4, -0.2) is 11.2 Å². The molecule has 21 heavy (non-hydrogen) atoms. The maximum absolute atomic E-state index is 13.4.